The average molecular weight is 343 g/mol. The van der Waals surface area contributed by atoms with Crippen LogP contribution in [0.1, 0.15) is 26.7 Å². The summed E-state index contributed by atoms with van der Waals surface area (Å²) in [5, 5.41) is 25.1. The molecule has 0 aliphatic heterocycles. The second kappa shape index (κ2) is 8.76. The predicted molar refractivity (Wildman–Crippen MR) is 85.0 cm³/mol. The first-order valence-electron chi connectivity index (χ1n) is 7.90. The van der Waals surface area contributed by atoms with Crippen molar-refractivity contribution in [1.29, 1.82) is 0 Å². The summed E-state index contributed by atoms with van der Waals surface area (Å²) in [6, 6.07) is -1.40. The minimum atomic E-state index is -1.21. The van der Waals surface area contributed by atoms with E-state index in [9.17, 15) is 24.6 Å². The van der Waals surface area contributed by atoms with Crippen LogP contribution in [0.5, 0.6) is 0 Å². The Balaban J connectivity index is 2.77. The molecule has 1 rings (SSSR count). The first-order chi connectivity index (χ1) is 11.1. The van der Waals surface area contributed by atoms with Gasteiger partial charge in [0.25, 0.3) is 5.91 Å². The van der Waals surface area contributed by atoms with Crippen LogP contribution in [-0.4, -0.2) is 58.8 Å². The van der Waals surface area contributed by atoms with E-state index < -0.39 is 36.1 Å². The van der Waals surface area contributed by atoms with Gasteiger partial charge in [0.05, 0.1) is 12.1 Å². The Labute approximate surface area is 140 Å². The molecule has 0 saturated heterocycles. The number of quaternary nitrogens is 1. The van der Waals surface area contributed by atoms with Gasteiger partial charge in [0, 0.05) is 30.9 Å². The number of amides is 3. The molecule has 0 unspecified atom stereocenters. The van der Waals surface area contributed by atoms with E-state index in [0.717, 1.165) is 0 Å². The molecule has 1 aliphatic rings. The molecule has 9 N–H and O–H groups in total. The van der Waals surface area contributed by atoms with Crippen LogP contribution in [0.3, 0.4) is 0 Å². The fourth-order valence-electron chi connectivity index (χ4n) is 2.25. The van der Waals surface area contributed by atoms with Crippen molar-refractivity contribution >= 4 is 17.7 Å². The molecule has 0 aromatic carbocycles. The fraction of sp³-hybridized carbons (Fsp3) is 0.667. The number of nitrogens with two attached hydrogens (primary N) is 1. The Kier molecular flexibility index (Phi) is 7.33. The van der Waals surface area contributed by atoms with Crippen molar-refractivity contribution in [1.82, 2.24) is 10.6 Å². The molecule has 9 heteroatoms. The maximum atomic E-state index is 12.1. The summed E-state index contributed by atoms with van der Waals surface area (Å²) < 4.78 is 0. The number of carbonyl (C=O) groups is 3. The number of hydrogen-bond acceptors (Lipinski definition) is 5. The van der Waals surface area contributed by atoms with Gasteiger partial charge in [-0.3, -0.25) is 14.4 Å². The van der Waals surface area contributed by atoms with Crippen LogP contribution in [0.2, 0.25) is 0 Å². The van der Waals surface area contributed by atoms with E-state index in [1.165, 1.54) is 6.08 Å². The van der Waals surface area contributed by atoms with E-state index in [2.05, 4.69) is 16.4 Å². The summed E-state index contributed by atoms with van der Waals surface area (Å²) >= 11 is 0. The maximum absolute atomic E-state index is 12.1. The van der Waals surface area contributed by atoms with E-state index in [1.54, 1.807) is 0 Å². The number of hydrogen-bond donors (Lipinski definition) is 6. The molecule has 4 atom stereocenters. The predicted octanol–water partition coefficient (Wildman–Crippen LogP) is -3.22. The summed E-state index contributed by atoms with van der Waals surface area (Å²) in [6.45, 7) is 3.77. The van der Waals surface area contributed by atoms with Crippen LogP contribution in [0.25, 0.3) is 0 Å². The smallest absolute Gasteiger partial charge is 0.278 e. The van der Waals surface area contributed by atoms with Crippen LogP contribution in [0.4, 0.5) is 0 Å². The minimum absolute atomic E-state index is 0.00192. The molecule has 24 heavy (non-hydrogen) atoms. The molecule has 0 aromatic heterocycles. The average Bonchev–Trinajstić information content (AvgIpc) is 2.49. The van der Waals surface area contributed by atoms with E-state index in [0.29, 0.717) is 0 Å². The van der Waals surface area contributed by atoms with Gasteiger partial charge in [-0.1, -0.05) is 19.9 Å². The highest BCUT2D eigenvalue weighted by molar-refractivity contribution is 5.94. The molecule has 136 valence electrons. The van der Waals surface area contributed by atoms with Crippen LogP contribution in [0.15, 0.2) is 11.6 Å². The summed E-state index contributed by atoms with van der Waals surface area (Å²) in [6.07, 6.45) is -1.02. The standard InChI is InChI=1S/C15H26N4O5/c1-7(2)12(17)15(24)19-9-5-8(6-10(20)13(9)22)14(23)18-4-3-11(16)21/h5,7,9-10,12-13,20,22H,3-4,6,17H2,1-2H3,(H2,16,21)(H,18,23)(H,19,24)/p+1/t9-,10-,12-,13-/m1/s1. The van der Waals surface area contributed by atoms with Crippen molar-refractivity contribution < 1.29 is 30.3 Å². The van der Waals surface area contributed by atoms with Gasteiger partial charge in [0.2, 0.25) is 11.8 Å². The van der Waals surface area contributed by atoms with Gasteiger partial charge in [-0.25, -0.2) is 0 Å². The Morgan fingerprint density at radius 3 is 2.54 bits per heavy atom. The van der Waals surface area contributed by atoms with Crippen molar-refractivity contribution in [2.75, 3.05) is 6.54 Å². The zero-order valence-electron chi connectivity index (χ0n) is 14.0. The molecular weight excluding hydrogens is 316 g/mol. The number of carbonyl (C=O) groups excluding carboxylic acids is 3. The number of primary amides is 1. The third-order valence-electron chi connectivity index (χ3n) is 3.97. The Bertz CT molecular complexity index is 520. The maximum Gasteiger partial charge on any atom is 0.278 e. The molecular formula is C15H27N4O5+. The van der Waals surface area contributed by atoms with Gasteiger partial charge in [-0.2, -0.15) is 0 Å². The molecule has 0 fully saturated rings. The third-order valence-corrected chi connectivity index (χ3v) is 3.97. The highest BCUT2D eigenvalue weighted by atomic mass is 16.3. The zero-order valence-corrected chi connectivity index (χ0v) is 14.0. The molecule has 0 aromatic rings. The number of aliphatic hydroxyl groups is 2. The minimum Gasteiger partial charge on any atom is -0.390 e. The molecule has 0 spiro atoms. The molecule has 0 heterocycles. The van der Waals surface area contributed by atoms with Crippen LogP contribution in [-0.2, 0) is 14.4 Å². The first-order valence-corrected chi connectivity index (χ1v) is 7.90. The summed E-state index contributed by atoms with van der Waals surface area (Å²) in [5.41, 5.74) is 8.98. The van der Waals surface area contributed by atoms with E-state index >= 15 is 0 Å². The largest absolute Gasteiger partial charge is 0.390 e. The van der Waals surface area contributed by atoms with Gasteiger partial charge < -0.3 is 32.3 Å². The van der Waals surface area contributed by atoms with Crippen molar-refractivity contribution in [2.45, 2.75) is 51.0 Å². The van der Waals surface area contributed by atoms with Gasteiger partial charge in [0.15, 0.2) is 6.04 Å². The highest BCUT2D eigenvalue weighted by Gasteiger charge is 2.35. The summed E-state index contributed by atoms with van der Waals surface area (Å²) in [7, 11) is 0. The van der Waals surface area contributed by atoms with Crippen molar-refractivity contribution in [3.63, 3.8) is 0 Å². The van der Waals surface area contributed by atoms with Crippen LogP contribution < -0.4 is 22.1 Å². The lowest BCUT2D eigenvalue weighted by atomic mass is 9.89. The first kappa shape index (κ1) is 20.1. The van der Waals surface area contributed by atoms with E-state index in [4.69, 9.17) is 5.73 Å². The van der Waals surface area contributed by atoms with E-state index in [1.807, 2.05) is 13.8 Å². The van der Waals surface area contributed by atoms with Gasteiger partial charge in [-0.05, 0) is 0 Å². The molecule has 0 bridgehead atoms. The van der Waals surface area contributed by atoms with Crippen molar-refractivity contribution in [3.8, 4) is 0 Å². The van der Waals surface area contributed by atoms with Crippen molar-refractivity contribution in [2.24, 2.45) is 11.7 Å². The number of rotatable bonds is 7. The zero-order chi connectivity index (χ0) is 18.4. The number of nitrogens with one attached hydrogen (secondary N) is 2. The van der Waals surface area contributed by atoms with Crippen molar-refractivity contribution in [3.05, 3.63) is 11.6 Å². The molecule has 1 aliphatic carbocycles. The SMILES string of the molecule is CC(C)[C@@H]([NH3+])C(=O)N[C@@H]1C=C(C(=O)NCCC(N)=O)C[C@@H](O)[C@@H]1O. The molecule has 9 nitrogen and oxygen atoms in total. The van der Waals surface area contributed by atoms with Crippen LogP contribution in [0, 0.1) is 5.92 Å². The van der Waals surface area contributed by atoms with Gasteiger partial charge in [-0.15, -0.1) is 0 Å². The lowest BCUT2D eigenvalue weighted by Gasteiger charge is -2.31. The second-order valence-corrected chi connectivity index (χ2v) is 6.31. The monoisotopic (exact) mass is 343 g/mol. The summed E-state index contributed by atoms with van der Waals surface area (Å²) in [5.74, 6) is -1.37. The normalized spacial score (nSPS) is 24.9. The summed E-state index contributed by atoms with van der Waals surface area (Å²) in [4.78, 5) is 34.8. The molecule has 0 radical (unpaired) electrons. The molecule has 0 saturated carbocycles. The Hall–Kier alpha value is -1.97. The lowest BCUT2D eigenvalue weighted by Crippen LogP contribution is -2.71. The highest BCUT2D eigenvalue weighted by Crippen LogP contribution is 2.20. The van der Waals surface area contributed by atoms with Crippen LogP contribution >= 0.6 is 0 Å². The third kappa shape index (κ3) is 5.59. The Morgan fingerprint density at radius 1 is 1.38 bits per heavy atom. The fourth-order valence-corrected chi connectivity index (χ4v) is 2.25. The second-order valence-electron chi connectivity index (χ2n) is 6.31. The quantitative estimate of drug-likeness (QED) is 0.285. The number of aliphatic hydroxyl groups excluding tert-OH is 2. The van der Waals surface area contributed by atoms with E-state index in [-0.39, 0.29) is 36.8 Å². The lowest BCUT2D eigenvalue weighted by molar-refractivity contribution is -0.414. The molecule has 3 amide bonds. The Morgan fingerprint density at radius 2 is 2.00 bits per heavy atom. The van der Waals surface area contributed by atoms with Gasteiger partial charge in [0.1, 0.15) is 6.10 Å². The topological polar surface area (TPSA) is 169 Å². The van der Waals surface area contributed by atoms with Gasteiger partial charge >= 0.3 is 0 Å².